The number of rotatable bonds is 2. The van der Waals surface area contributed by atoms with Crippen molar-refractivity contribution in [2.45, 2.75) is 0 Å². The van der Waals surface area contributed by atoms with E-state index in [0.29, 0.717) is 0 Å². The second-order valence-electron chi connectivity index (χ2n) is 2.42. The van der Waals surface area contributed by atoms with E-state index < -0.39 is 6.09 Å². The molecule has 14 heavy (non-hydrogen) atoms. The molecule has 78 valence electrons. The van der Waals surface area contributed by atoms with Gasteiger partial charge in [0.2, 0.25) is 5.91 Å². The molecule has 0 aromatic rings. The predicted molar refractivity (Wildman–Crippen MR) is 51.3 cm³/mol. The van der Waals surface area contributed by atoms with Crippen LogP contribution in [0, 0.1) is 0 Å². The number of hydrogen-bond donors (Lipinski definition) is 2. The summed E-state index contributed by atoms with van der Waals surface area (Å²) in [7, 11) is 0. The fraction of sp³-hybridized carbons (Fsp3) is 0.500. The lowest BCUT2D eigenvalue weighted by Gasteiger charge is -2.09. The molecule has 0 aliphatic carbocycles. The maximum atomic E-state index is 11.3. The molecule has 1 heterocycles. The average molecular weight is 218 g/mol. The summed E-state index contributed by atoms with van der Waals surface area (Å²) in [6.07, 6.45) is -0.612. The van der Waals surface area contributed by atoms with Crippen LogP contribution < -0.4 is 11.6 Å². The van der Waals surface area contributed by atoms with Crippen molar-refractivity contribution in [2.75, 3.05) is 18.9 Å². The molecular formula is C6H10N4O3S. The molecule has 8 heteroatoms. The molecule has 0 spiro atoms. The third kappa shape index (κ3) is 2.52. The molecule has 7 nitrogen and oxygen atoms in total. The van der Waals surface area contributed by atoms with Gasteiger partial charge in [-0.05, 0) is 0 Å². The standard InChI is InChI=1S/C6H10N4O3S/c7-5(9-8)14-3-4(11)10-1-2-13-6(10)12/h1-3,8H2,(H2,7,9). The van der Waals surface area contributed by atoms with Gasteiger partial charge in [-0.2, -0.15) is 5.10 Å². The molecule has 0 aromatic carbocycles. The quantitative estimate of drug-likeness (QED) is 0.263. The summed E-state index contributed by atoms with van der Waals surface area (Å²) >= 11 is 0.977. The van der Waals surface area contributed by atoms with Crippen LogP contribution in [0.15, 0.2) is 5.10 Å². The number of cyclic esters (lactones) is 1. The molecule has 0 bridgehead atoms. The number of ether oxygens (including phenoxy) is 1. The number of nitrogens with two attached hydrogens (primary N) is 2. The van der Waals surface area contributed by atoms with E-state index in [9.17, 15) is 9.59 Å². The smallest absolute Gasteiger partial charge is 0.416 e. The van der Waals surface area contributed by atoms with Gasteiger partial charge in [0.05, 0.1) is 12.3 Å². The zero-order chi connectivity index (χ0) is 10.6. The highest BCUT2D eigenvalue weighted by atomic mass is 32.2. The number of imide groups is 1. The van der Waals surface area contributed by atoms with Gasteiger partial charge in [-0.15, -0.1) is 0 Å². The van der Waals surface area contributed by atoms with Gasteiger partial charge >= 0.3 is 6.09 Å². The molecule has 0 atom stereocenters. The van der Waals surface area contributed by atoms with Crippen LogP contribution in [0.25, 0.3) is 0 Å². The van der Waals surface area contributed by atoms with E-state index in [2.05, 4.69) is 9.84 Å². The largest absolute Gasteiger partial charge is 0.447 e. The van der Waals surface area contributed by atoms with Crippen LogP contribution in [0.2, 0.25) is 0 Å². The average Bonchev–Trinajstić information content (AvgIpc) is 2.60. The van der Waals surface area contributed by atoms with Gasteiger partial charge in [0.1, 0.15) is 6.61 Å². The molecule has 2 amide bonds. The van der Waals surface area contributed by atoms with Crippen LogP contribution in [0.3, 0.4) is 0 Å². The first-order chi connectivity index (χ1) is 6.65. The van der Waals surface area contributed by atoms with Crippen LogP contribution in [0.4, 0.5) is 4.79 Å². The van der Waals surface area contributed by atoms with E-state index in [-0.39, 0.29) is 30.0 Å². The number of amides is 2. The number of carbonyl (C=O) groups excluding carboxylic acids is 2. The Bertz CT molecular complexity index is 280. The van der Waals surface area contributed by atoms with Gasteiger partial charge in [-0.25, -0.2) is 9.69 Å². The zero-order valence-corrected chi connectivity index (χ0v) is 8.12. The van der Waals surface area contributed by atoms with E-state index in [4.69, 9.17) is 11.6 Å². The first-order valence-corrected chi connectivity index (χ1v) is 4.77. The fourth-order valence-electron chi connectivity index (χ4n) is 0.871. The number of amidine groups is 1. The highest BCUT2D eigenvalue weighted by molar-refractivity contribution is 8.14. The minimum atomic E-state index is -0.612. The Morgan fingerprint density at radius 3 is 2.93 bits per heavy atom. The summed E-state index contributed by atoms with van der Waals surface area (Å²) in [5.41, 5.74) is 5.26. The summed E-state index contributed by atoms with van der Waals surface area (Å²) < 4.78 is 4.59. The van der Waals surface area contributed by atoms with Crippen molar-refractivity contribution in [1.82, 2.24) is 4.90 Å². The van der Waals surface area contributed by atoms with E-state index >= 15 is 0 Å². The predicted octanol–water partition coefficient (Wildman–Crippen LogP) is -1.11. The van der Waals surface area contributed by atoms with Crippen molar-refractivity contribution >= 4 is 28.9 Å². The third-order valence-corrected chi connectivity index (χ3v) is 2.33. The molecule has 1 aliphatic heterocycles. The molecule has 0 unspecified atom stereocenters. The summed E-state index contributed by atoms with van der Waals surface area (Å²) in [5.74, 6) is 4.54. The molecule has 1 saturated heterocycles. The summed E-state index contributed by atoms with van der Waals surface area (Å²) in [5, 5.41) is 3.28. The number of hydrogen-bond acceptors (Lipinski definition) is 6. The Balaban J connectivity index is 2.38. The first-order valence-electron chi connectivity index (χ1n) is 3.78. The molecule has 1 aliphatic rings. The van der Waals surface area contributed by atoms with Crippen LogP contribution in [0.5, 0.6) is 0 Å². The zero-order valence-electron chi connectivity index (χ0n) is 7.30. The molecule has 0 aromatic heterocycles. The second-order valence-corrected chi connectivity index (χ2v) is 3.41. The van der Waals surface area contributed by atoms with Gasteiger partial charge in [0.15, 0.2) is 5.17 Å². The minimum Gasteiger partial charge on any atom is -0.447 e. The summed E-state index contributed by atoms with van der Waals surface area (Å²) in [6, 6.07) is 0. The molecule has 0 radical (unpaired) electrons. The van der Waals surface area contributed by atoms with E-state index in [0.717, 1.165) is 16.7 Å². The van der Waals surface area contributed by atoms with Gasteiger partial charge < -0.3 is 16.3 Å². The second kappa shape index (κ2) is 4.70. The molecular weight excluding hydrogens is 208 g/mol. The van der Waals surface area contributed by atoms with Gasteiger partial charge in [-0.1, -0.05) is 11.8 Å². The number of carbonyl (C=O) groups is 2. The van der Waals surface area contributed by atoms with E-state index in [1.807, 2.05) is 0 Å². The summed E-state index contributed by atoms with van der Waals surface area (Å²) in [6.45, 7) is 0.535. The van der Waals surface area contributed by atoms with Crippen molar-refractivity contribution in [3.8, 4) is 0 Å². The molecule has 1 fully saturated rings. The maximum Gasteiger partial charge on any atom is 0.416 e. The summed E-state index contributed by atoms with van der Waals surface area (Å²) in [4.78, 5) is 23.3. The molecule has 1 rings (SSSR count). The van der Waals surface area contributed by atoms with Crippen molar-refractivity contribution in [3.63, 3.8) is 0 Å². The van der Waals surface area contributed by atoms with Crippen LogP contribution >= 0.6 is 11.8 Å². The lowest BCUT2D eigenvalue weighted by Crippen LogP contribution is -2.33. The number of nitrogens with zero attached hydrogens (tertiary/aromatic N) is 2. The van der Waals surface area contributed by atoms with Crippen LogP contribution in [-0.2, 0) is 9.53 Å². The monoisotopic (exact) mass is 218 g/mol. The maximum absolute atomic E-state index is 11.3. The van der Waals surface area contributed by atoms with Crippen LogP contribution in [0.1, 0.15) is 0 Å². The Labute approximate surface area is 84.4 Å². The first kappa shape index (κ1) is 10.6. The number of thioether (sulfide) groups is 1. The highest BCUT2D eigenvalue weighted by Gasteiger charge is 2.28. The third-order valence-electron chi connectivity index (χ3n) is 1.53. The molecule has 0 saturated carbocycles. The minimum absolute atomic E-state index is 0.0294. The SMILES string of the molecule is NN=C(N)SCC(=O)N1CCOC1=O. The van der Waals surface area contributed by atoms with Crippen molar-refractivity contribution in [2.24, 2.45) is 16.7 Å². The lowest BCUT2D eigenvalue weighted by molar-refractivity contribution is -0.124. The van der Waals surface area contributed by atoms with Gasteiger partial charge in [-0.3, -0.25) is 4.79 Å². The van der Waals surface area contributed by atoms with Crippen LogP contribution in [-0.4, -0.2) is 41.0 Å². The normalized spacial score (nSPS) is 17.0. The van der Waals surface area contributed by atoms with E-state index in [1.54, 1.807) is 0 Å². The van der Waals surface area contributed by atoms with Crippen molar-refractivity contribution < 1.29 is 14.3 Å². The van der Waals surface area contributed by atoms with Gasteiger partial charge in [0, 0.05) is 0 Å². The van der Waals surface area contributed by atoms with Crippen molar-refractivity contribution in [1.29, 1.82) is 0 Å². The van der Waals surface area contributed by atoms with Gasteiger partial charge in [0.25, 0.3) is 0 Å². The lowest BCUT2D eigenvalue weighted by atomic mass is 10.5. The number of hydrazone groups is 1. The molecule has 4 N–H and O–H groups in total. The Morgan fingerprint density at radius 1 is 1.71 bits per heavy atom. The Morgan fingerprint density at radius 2 is 2.43 bits per heavy atom. The Kier molecular flexibility index (Phi) is 3.57. The highest BCUT2D eigenvalue weighted by Crippen LogP contribution is 2.07. The Hall–Kier alpha value is -1.44. The fourth-order valence-corrected chi connectivity index (χ4v) is 1.37. The van der Waals surface area contributed by atoms with E-state index in [1.165, 1.54) is 0 Å². The van der Waals surface area contributed by atoms with Crippen molar-refractivity contribution in [3.05, 3.63) is 0 Å². The topological polar surface area (TPSA) is 111 Å².